The summed E-state index contributed by atoms with van der Waals surface area (Å²) in [6, 6.07) is 22.2. The van der Waals surface area contributed by atoms with Gasteiger partial charge in [0.15, 0.2) is 0 Å². The number of likely N-dealkylation sites (N-methyl/N-ethyl adjacent to an activating group) is 1. The van der Waals surface area contributed by atoms with Crippen molar-refractivity contribution in [2.75, 3.05) is 57.8 Å². The number of fused-ring (bicyclic) bond motifs is 1. The van der Waals surface area contributed by atoms with Crippen molar-refractivity contribution in [3.8, 4) is 22.4 Å². The zero-order valence-electron chi connectivity index (χ0n) is 22.7. The van der Waals surface area contributed by atoms with Crippen molar-refractivity contribution in [3.05, 3.63) is 84.1 Å². The molecule has 0 unspecified atom stereocenters. The maximum Gasteiger partial charge on any atom is 0.253 e. The number of rotatable bonds is 5. The van der Waals surface area contributed by atoms with Crippen molar-refractivity contribution in [1.29, 1.82) is 0 Å². The average molecular weight is 558 g/mol. The van der Waals surface area contributed by atoms with E-state index >= 15 is 0 Å². The zero-order valence-corrected chi connectivity index (χ0v) is 23.6. The Bertz CT molecular complexity index is 1510. The minimum atomic E-state index is -2.38. The molecule has 40 heavy (non-hydrogen) atoms. The molecule has 2 saturated heterocycles. The highest BCUT2D eigenvalue weighted by molar-refractivity contribution is 8.24. The highest BCUT2D eigenvalue weighted by atomic mass is 32.3. The molecule has 2 N–H and O–H groups in total. The Morgan fingerprint density at radius 3 is 2.35 bits per heavy atom. The third-order valence-corrected chi connectivity index (χ3v) is 9.58. The molecule has 208 valence electrons. The van der Waals surface area contributed by atoms with Gasteiger partial charge in [-0.2, -0.15) is 10.6 Å². The number of benzene rings is 3. The quantitative estimate of drug-likeness (QED) is 0.360. The Labute approximate surface area is 236 Å². The first-order valence-electron chi connectivity index (χ1n) is 13.7. The molecule has 2 aliphatic heterocycles. The van der Waals surface area contributed by atoms with Crippen LogP contribution in [0.1, 0.15) is 15.9 Å². The van der Waals surface area contributed by atoms with Gasteiger partial charge in [-0.25, -0.2) is 4.98 Å². The van der Waals surface area contributed by atoms with E-state index in [0.717, 1.165) is 66.1 Å². The van der Waals surface area contributed by atoms with Crippen LogP contribution in [0.25, 0.3) is 33.4 Å². The number of carbonyl (C=O) groups excluding carboxylic acids is 1. The van der Waals surface area contributed by atoms with Crippen LogP contribution in [0.2, 0.25) is 0 Å². The number of carbonyl (C=O) groups is 1. The normalized spacial score (nSPS) is 19.0. The Hall–Kier alpha value is -3.34. The van der Waals surface area contributed by atoms with Gasteiger partial charge in [0.05, 0.1) is 34.4 Å². The standard InChI is InChI=1S/C31H35N5O3S/c1-34-12-14-36(15-13-34)31(37)26-5-2-4-25(20-26)29-21-32-28-7-3-6-27(30(28)33-29)24-10-8-23(9-11-24)22-35-16-18-40(38,39)19-17-35/h2-11,20-21,38-39H,12-19,22H2,1H3. The third-order valence-electron chi connectivity index (χ3n) is 7.91. The van der Waals surface area contributed by atoms with Gasteiger partial charge < -0.3 is 9.80 Å². The largest absolute Gasteiger partial charge is 0.336 e. The van der Waals surface area contributed by atoms with E-state index in [-0.39, 0.29) is 5.91 Å². The number of aromatic nitrogens is 2. The molecule has 0 bridgehead atoms. The lowest BCUT2D eigenvalue weighted by atomic mass is 10.0. The molecule has 0 aliphatic carbocycles. The summed E-state index contributed by atoms with van der Waals surface area (Å²) in [5.74, 6) is 0.964. The first-order valence-corrected chi connectivity index (χ1v) is 15.6. The number of piperazine rings is 1. The Morgan fingerprint density at radius 2 is 1.60 bits per heavy atom. The maximum atomic E-state index is 13.2. The summed E-state index contributed by atoms with van der Waals surface area (Å²) in [5.41, 5.74) is 7.19. The summed E-state index contributed by atoms with van der Waals surface area (Å²) in [5, 5.41) is 0. The number of hydrogen-bond donors (Lipinski definition) is 2. The van der Waals surface area contributed by atoms with Crippen molar-refractivity contribution >= 4 is 27.5 Å². The predicted octanol–water partition coefficient (Wildman–Crippen LogP) is 4.92. The molecule has 8 nitrogen and oxygen atoms in total. The first kappa shape index (κ1) is 26.9. The van der Waals surface area contributed by atoms with E-state index in [1.54, 1.807) is 6.20 Å². The zero-order chi connectivity index (χ0) is 27.7. The highest BCUT2D eigenvalue weighted by Gasteiger charge is 2.23. The second-order valence-corrected chi connectivity index (χ2v) is 13.2. The molecule has 9 heteroatoms. The summed E-state index contributed by atoms with van der Waals surface area (Å²) in [6.07, 6.45) is 1.78. The molecule has 0 saturated carbocycles. The van der Waals surface area contributed by atoms with Gasteiger partial charge in [0.2, 0.25) is 0 Å². The van der Waals surface area contributed by atoms with E-state index in [1.165, 1.54) is 5.56 Å². The van der Waals surface area contributed by atoms with Gasteiger partial charge in [0, 0.05) is 62.5 Å². The van der Waals surface area contributed by atoms with Crippen LogP contribution in [0, 0.1) is 0 Å². The van der Waals surface area contributed by atoms with Crippen LogP contribution in [0.5, 0.6) is 0 Å². The second-order valence-electron chi connectivity index (χ2n) is 10.8. The fraction of sp³-hybridized carbons (Fsp3) is 0.323. The van der Waals surface area contributed by atoms with Crippen LogP contribution in [0.4, 0.5) is 0 Å². The fourth-order valence-electron chi connectivity index (χ4n) is 5.38. The van der Waals surface area contributed by atoms with E-state index in [1.807, 2.05) is 41.3 Å². The van der Waals surface area contributed by atoms with Gasteiger partial charge in [-0.05, 0) is 36.4 Å². The molecule has 0 atom stereocenters. The first-order chi connectivity index (χ1) is 19.3. The summed E-state index contributed by atoms with van der Waals surface area (Å²) < 4.78 is 19.8. The summed E-state index contributed by atoms with van der Waals surface area (Å²) in [4.78, 5) is 29.3. The van der Waals surface area contributed by atoms with Crippen LogP contribution in [0.15, 0.2) is 72.9 Å². The Kier molecular flexibility index (Phi) is 7.57. The molecule has 1 aromatic heterocycles. The number of amides is 1. The van der Waals surface area contributed by atoms with E-state index < -0.39 is 10.6 Å². The molecule has 4 aromatic rings. The lowest BCUT2D eigenvalue weighted by Crippen LogP contribution is -2.47. The number of para-hydroxylation sites is 1. The van der Waals surface area contributed by atoms with Crippen molar-refractivity contribution < 1.29 is 13.9 Å². The minimum absolute atomic E-state index is 0.0577. The lowest BCUT2D eigenvalue weighted by molar-refractivity contribution is 0.0664. The molecule has 3 heterocycles. The highest BCUT2D eigenvalue weighted by Crippen LogP contribution is 2.40. The van der Waals surface area contributed by atoms with Gasteiger partial charge in [0.25, 0.3) is 5.91 Å². The fourth-order valence-corrected chi connectivity index (χ4v) is 6.68. The van der Waals surface area contributed by atoms with Crippen LogP contribution >= 0.6 is 10.6 Å². The Morgan fingerprint density at radius 1 is 0.875 bits per heavy atom. The molecule has 2 aliphatic rings. The lowest BCUT2D eigenvalue weighted by Gasteiger charge is -2.41. The van der Waals surface area contributed by atoms with Crippen LogP contribution in [-0.2, 0) is 6.54 Å². The van der Waals surface area contributed by atoms with Crippen molar-refractivity contribution in [2.45, 2.75) is 6.54 Å². The van der Waals surface area contributed by atoms with Crippen molar-refractivity contribution in [2.24, 2.45) is 0 Å². The minimum Gasteiger partial charge on any atom is -0.336 e. The van der Waals surface area contributed by atoms with E-state index in [0.29, 0.717) is 30.2 Å². The SMILES string of the molecule is CN1CCN(C(=O)c2cccc(-c3cnc4cccc(-c5ccc(CN6CCS(O)(O)CC6)cc5)c4n3)c2)CC1. The van der Waals surface area contributed by atoms with Gasteiger partial charge in [-0.1, -0.05) is 48.5 Å². The molecule has 0 radical (unpaired) electrons. The van der Waals surface area contributed by atoms with Gasteiger partial charge in [-0.3, -0.25) is 23.8 Å². The van der Waals surface area contributed by atoms with Gasteiger partial charge >= 0.3 is 0 Å². The molecular formula is C31H35N5O3S. The van der Waals surface area contributed by atoms with Gasteiger partial charge in [0.1, 0.15) is 0 Å². The maximum absolute atomic E-state index is 13.2. The smallest absolute Gasteiger partial charge is 0.253 e. The second kappa shape index (κ2) is 11.3. The number of nitrogens with zero attached hydrogens (tertiary/aromatic N) is 5. The predicted molar refractivity (Wildman–Crippen MR) is 162 cm³/mol. The molecule has 2 fully saturated rings. The number of hydrogen-bond acceptors (Lipinski definition) is 7. The molecule has 0 spiro atoms. The van der Waals surface area contributed by atoms with E-state index in [2.05, 4.69) is 47.2 Å². The van der Waals surface area contributed by atoms with E-state index in [4.69, 9.17) is 9.97 Å². The summed E-state index contributed by atoms with van der Waals surface area (Å²) >= 11 is 0. The van der Waals surface area contributed by atoms with Crippen molar-refractivity contribution in [1.82, 2.24) is 24.7 Å². The molecular weight excluding hydrogens is 522 g/mol. The van der Waals surface area contributed by atoms with Crippen molar-refractivity contribution in [3.63, 3.8) is 0 Å². The summed E-state index contributed by atoms with van der Waals surface area (Å²) in [6.45, 7) is 5.45. The summed E-state index contributed by atoms with van der Waals surface area (Å²) in [7, 11) is -0.302. The van der Waals surface area contributed by atoms with E-state index in [9.17, 15) is 13.9 Å². The monoisotopic (exact) mass is 557 g/mol. The van der Waals surface area contributed by atoms with Gasteiger partial charge in [-0.15, -0.1) is 0 Å². The Balaban J connectivity index is 1.24. The van der Waals surface area contributed by atoms with Crippen LogP contribution in [0.3, 0.4) is 0 Å². The topological polar surface area (TPSA) is 93.0 Å². The van der Waals surface area contributed by atoms with Crippen LogP contribution < -0.4 is 0 Å². The molecule has 6 rings (SSSR count). The third kappa shape index (κ3) is 5.89. The average Bonchev–Trinajstić information content (AvgIpc) is 2.98. The molecule has 1 amide bonds. The van der Waals surface area contributed by atoms with Crippen LogP contribution in [-0.4, -0.2) is 97.5 Å². The molecule has 3 aromatic carbocycles.